The molecule has 1 aromatic carbocycles. The van der Waals surface area contributed by atoms with Gasteiger partial charge in [-0.15, -0.1) is 0 Å². The third kappa shape index (κ3) is 5.22. The molecule has 146 valence electrons. The Hall–Kier alpha value is -2.08. The van der Waals surface area contributed by atoms with E-state index in [9.17, 15) is 14.4 Å². The fourth-order valence-corrected chi connectivity index (χ4v) is 3.94. The van der Waals surface area contributed by atoms with Crippen LogP contribution in [0.1, 0.15) is 55.3 Å². The molecular weight excluding hydrogens is 366 g/mol. The molecule has 0 spiro atoms. The summed E-state index contributed by atoms with van der Waals surface area (Å²) in [5, 5.41) is 0.595. The smallest absolute Gasteiger partial charge is 0.253 e. The molecule has 1 aliphatic carbocycles. The molecule has 0 bridgehead atoms. The molecule has 0 atom stereocenters. The zero-order valence-electron chi connectivity index (χ0n) is 15.4. The Bertz CT molecular complexity index is 678. The molecule has 1 aliphatic heterocycles. The van der Waals surface area contributed by atoms with E-state index in [1.807, 2.05) is 0 Å². The van der Waals surface area contributed by atoms with E-state index < -0.39 is 0 Å². The maximum atomic E-state index is 12.5. The number of amides is 3. The summed E-state index contributed by atoms with van der Waals surface area (Å²) in [5.74, 6) is -0.476. The number of carbonyl (C=O) groups excluding carboxylic acids is 3. The molecule has 2 aliphatic rings. The van der Waals surface area contributed by atoms with Crippen LogP contribution in [-0.2, 0) is 9.59 Å². The molecule has 1 saturated heterocycles. The molecule has 7 heteroatoms. The first-order chi connectivity index (χ1) is 13.0. The molecule has 2 N–H and O–H groups in total. The van der Waals surface area contributed by atoms with Crippen LogP contribution in [0.15, 0.2) is 24.3 Å². The Kier molecular flexibility index (Phi) is 6.72. The largest absolute Gasteiger partial charge is 0.339 e. The van der Waals surface area contributed by atoms with Gasteiger partial charge in [0, 0.05) is 35.5 Å². The monoisotopic (exact) mass is 391 g/mol. The summed E-state index contributed by atoms with van der Waals surface area (Å²) in [7, 11) is 0. The van der Waals surface area contributed by atoms with Gasteiger partial charge in [-0.25, -0.2) is 0 Å². The molecule has 27 heavy (non-hydrogen) atoms. The van der Waals surface area contributed by atoms with E-state index in [0.717, 1.165) is 25.7 Å². The minimum Gasteiger partial charge on any atom is -0.339 e. The van der Waals surface area contributed by atoms with Gasteiger partial charge >= 0.3 is 0 Å². The Morgan fingerprint density at radius 2 is 1.33 bits per heavy atom. The molecule has 1 saturated carbocycles. The van der Waals surface area contributed by atoms with Crippen LogP contribution in [0.4, 0.5) is 0 Å². The van der Waals surface area contributed by atoms with Gasteiger partial charge in [-0.05, 0) is 49.9 Å². The summed E-state index contributed by atoms with van der Waals surface area (Å²) in [6.45, 7) is 1.05. The Balaban J connectivity index is 1.42. The number of piperidine rings is 1. The van der Waals surface area contributed by atoms with Gasteiger partial charge < -0.3 is 4.90 Å². The predicted octanol–water partition coefficient (Wildman–Crippen LogP) is 2.92. The highest BCUT2D eigenvalue weighted by atomic mass is 35.5. The molecular formula is C20H26ClN3O3. The Morgan fingerprint density at radius 1 is 0.815 bits per heavy atom. The fourth-order valence-electron chi connectivity index (χ4n) is 3.81. The van der Waals surface area contributed by atoms with Crippen LogP contribution in [0.25, 0.3) is 0 Å². The topological polar surface area (TPSA) is 78.5 Å². The van der Waals surface area contributed by atoms with Crippen LogP contribution in [-0.4, -0.2) is 35.7 Å². The van der Waals surface area contributed by atoms with Crippen LogP contribution in [0, 0.1) is 11.8 Å². The number of nitrogens with zero attached hydrogens (tertiary/aromatic N) is 1. The average molecular weight is 392 g/mol. The average Bonchev–Trinajstić information content (AvgIpc) is 2.72. The normalized spacial score (nSPS) is 18.8. The third-order valence-corrected chi connectivity index (χ3v) is 5.78. The lowest BCUT2D eigenvalue weighted by atomic mass is 9.89. The maximum Gasteiger partial charge on any atom is 0.253 e. The zero-order valence-corrected chi connectivity index (χ0v) is 16.1. The molecule has 2 fully saturated rings. The highest BCUT2D eigenvalue weighted by molar-refractivity contribution is 6.30. The number of halogens is 1. The second-order valence-corrected chi connectivity index (χ2v) is 7.82. The van der Waals surface area contributed by atoms with E-state index in [-0.39, 0.29) is 29.6 Å². The number of hydrogen-bond donors (Lipinski definition) is 2. The van der Waals surface area contributed by atoms with Crippen molar-refractivity contribution in [3.05, 3.63) is 34.9 Å². The van der Waals surface area contributed by atoms with Gasteiger partial charge in [0.25, 0.3) is 5.91 Å². The first-order valence-corrected chi connectivity index (χ1v) is 10.1. The molecule has 6 nitrogen and oxygen atoms in total. The van der Waals surface area contributed by atoms with Gasteiger partial charge in [0.15, 0.2) is 0 Å². The van der Waals surface area contributed by atoms with E-state index in [2.05, 4.69) is 10.9 Å². The minimum absolute atomic E-state index is 0.0119. The zero-order chi connectivity index (χ0) is 19.2. The van der Waals surface area contributed by atoms with Gasteiger partial charge in [0.2, 0.25) is 11.8 Å². The number of benzene rings is 1. The quantitative estimate of drug-likeness (QED) is 0.777. The lowest BCUT2D eigenvalue weighted by Gasteiger charge is -2.31. The van der Waals surface area contributed by atoms with Crippen LogP contribution in [0.2, 0.25) is 5.02 Å². The van der Waals surface area contributed by atoms with Crippen LogP contribution in [0.3, 0.4) is 0 Å². The molecule has 0 unspecified atom stereocenters. The first-order valence-electron chi connectivity index (χ1n) is 9.69. The molecule has 3 amide bonds. The standard InChI is InChI=1S/C20H26ClN3O3/c21-17-8-6-16(7-9-17)20(27)24-12-10-15(11-13-24)19(26)23-22-18(25)14-4-2-1-3-5-14/h6-9,14-15H,1-5,10-13H2,(H,22,25)(H,23,26). The second kappa shape index (κ2) is 9.22. The van der Waals surface area contributed by atoms with Gasteiger partial charge in [-0.2, -0.15) is 0 Å². The lowest BCUT2D eigenvalue weighted by molar-refractivity contribution is -0.134. The van der Waals surface area contributed by atoms with Crippen molar-refractivity contribution in [3.8, 4) is 0 Å². The van der Waals surface area contributed by atoms with Crippen LogP contribution >= 0.6 is 11.6 Å². The maximum absolute atomic E-state index is 12.5. The second-order valence-electron chi connectivity index (χ2n) is 7.39. The van der Waals surface area contributed by atoms with E-state index in [1.54, 1.807) is 29.2 Å². The molecule has 1 aromatic rings. The van der Waals surface area contributed by atoms with Crippen LogP contribution < -0.4 is 10.9 Å². The van der Waals surface area contributed by atoms with E-state index in [0.29, 0.717) is 36.5 Å². The van der Waals surface area contributed by atoms with Crippen molar-refractivity contribution in [2.75, 3.05) is 13.1 Å². The SMILES string of the molecule is O=C(NNC(=O)C1CCN(C(=O)c2ccc(Cl)cc2)CC1)C1CCCCC1. The number of likely N-dealkylation sites (tertiary alicyclic amines) is 1. The predicted molar refractivity (Wildman–Crippen MR) is 103 cm³/mol. The van der Waals surface area contributed by atoms with Crippen molar-refractivity contribution in [2.45, 2.75) is 44.9 Å². The number of hydrogen-bond acceptors (Lipinski definition) is 3. The van der Waals surface area contributed by atoms with Crippen molar-refractivity contribution in [1.29, 1.82) is 0 Å². The summed E-state index contributed by atoms with van der Waals surface area (Å²) >= 11 is 5.86. The van der Waals surface area contributed by atoms with Crippen molar-refractivity contribution in [1.82, 2.24) is 15.8 Å². The number of nitrogens with one attached hydrogen (secondary N) is 2. The van der Waals surface area contributed by atoms with Gasteiger partial charge in [-0.3, -0.25) is 25.2 Å². The van der Waals surface area contributed by atoms with E-state index in [1.165, 1.54) is 6.42 Å². The summed E-state index contributed by atoms with van der Waals surface area (Å²) in [5.41, 5.74) is 5.76. The van der Waals surface area contributed by atoms with E-state index in [4.69, 9.17) is 11.6 Å². The van der Waals surface area contributed by atoms with Crippen molar-refractivity contribution in [2.24, 2.45) is 11.8 Å². The van der Waals surface area contributed by atoms with Gasteiger partial charge in [0.05, 0.1) is 0 Å². The van der Waals surface area contributed by atoms with E-state index >= 15 is 0 Å². The van der Waals surface area contributed by atoms with Gasteiger partial charge in [0.1, 0.15) is 0 Å². The summed E-state index contributed by atoms with van der Waals surface area (Å²) in [6.07, 6.45) is 6.30. The first kappa shape index (κ1) is 19.7. The Labute approximate surface area is 164 Å². The fraction of sp³-hybridized carbons (Fsp3) is 0.550. The minimum atomic E-state index is -0.189. The summed E-state index contributed by atoms with van der Waals surface area (Å²) in [4.78, 5) is 38.7. The molecule has 3 rings (SSSR count). The highest BCUT2D eigenvalue weighted by Gasteiger charge is 2.28. The van der Waals surface area contributed by atoms with Gasteiger partial charge in [-0.1, -0.05) is 30.9 Å². The third-order valence-electron chi connectivity index (χ3n) is 5.53. The Morgan fingerprint density at radius 3 is 1.89 bits per heavy atom. The number of carbonyl (C=O) groups is 3. The summed E-state index contributed by atoms with van der Waals surface area (Å²) < 4.78 is 0. The summed E-state index contributed by atoms with van der Waals surface area (Å²) in [6, 6.07) is 6.82. The molecule has 0 aromatic heterocycles. The molecule has 1 heterocycles. The highest BCUT2D eigenvalue weighted by Crippen LogP contribution is 2.23. The lowest BCUT2D eigenvalue weighted by Crippen LogP contribution is -2.49. The van der Waals surface area contributed by atoms with Crippen molar-refractivity contribution < 1.29 is 14.4 Å². The number of rotatable bonds is 3. The van der Waals surface area contributed by atoms with Crippen molar-refractivity contribution in [3.63, 3.8) is 0 Å². The van der Waals surface area contributed by atoms with Crippen LogP contribution in [0.5, 0.6) is 0 Å². The van der Waals surface area contributed by atoms with Crippen molar-refractivity contribution >= 4 is 29.3 Å². The molecule has 0 radical (unpaired) electrons. The number of hydrazine groups is 1.